The van der Waals surface area contributed by atoms with E-state index in [1.54, 1.807) is 0 Å². The maximum absolute atomic E-state index is 5.49. The van der Waals surface area contributed by atoms with Gasteiger partial charge in [-0.15, -0.1) is 0 Å². The summed E-state index contributed by atoms with van der Waals surface area (Å²) in [5.74, 6) is 0. The standard InChI is InChI=1S/C11H23NO2/c1-3-13-7-5-6-12-10-8-11(9-10)14-4-2/h10-12H,3-9H2,1-2H3. The molecule has 0 radical (unpaired) electrons. The van der Waals surface area contributed by atoms with E-state index in [1.807, 2.05) is 6.92 Å². The van der Waals surface area contributed by atoms with Gasteiger partial charge >= 0.3 is 0 Å². The lowest BCUT2D eigenvalue weighted by Gasteiger charge is -2.35. The molecular formula is C11H23NO2. The van der Waals surface area contributed by atoms with Crippen molar-refractivity contribution in [2.45, 2.75) is 45.3 Å². The maximum Gasteiger partial charge on any atom is 0.0604 e. The zero-order chi connectivity index (χ0) is 10.2. The van der Waals surface area contributed by atoms with Crippen LogP contribution in [0.2, 0.25) is 0 Å². The summed E-state index contributed by atoms with van der Waals surface area (Å²) < 4.78 is 10.8. The molecule has 1 aliphatic carbocycles. The molecule has 0 aromatic heterocycles. The van der Waals surface area contributed by atoms with Gasteiger partial charge < -0.3 is 14.8 Å². The molecule has 3 nitrogen and oxygen atoms in total. The fourth-order valence-electron chi connectivity index (χ4n) is 1.73. The summed E-state index contributed by atoms with van der Waals surface area (Å²) in [6.45, 7) is 7.72. The van der Waals surface area contributed by atoms with Crippen LogP contribution < -0.4 is 5.32 Å². The minimum atomic E-state index is 0.518. The average molecular weight is 201 g/mol. The summed E-state index contributed by atoms with van der Waals surface area (Å²) in [5.41, 5.74) is 0. The number of nitrogens with one attached hydrogen (secondary N) is 1. The molecule has 0 atom stereocenters. The van der Waals surface area contributed by atoms with Gasteiger partial charge in [0.15, 0.2) is 0 Å². The fraction of sp³-hybridized carbons (Fsp3) is 1.00. The Morgan fingerprint density at radius 3 is 2.64 bits per heavy atom. The highest BCUT2D eigenvalue weighted by atomic mass is 16.5. The van der Waals surface area contributed by atoms with E-state index >= 15 is 0 Å². The van der Waals surface area contributed by atoms with Gasteiger partial charge in [-0.3, -0.25) is 0 Å². The first-order valence-electron chi connectivity index (χ1n) is 5.79. The van der Waals surface area contributed by atoms with E-state index in [0.717, 1.165) is 32.8 Å². The van der Waals surface area contributed by atoms with Crippen LogP contribution in [0.3, 0.4) is 0 Å². The van der Waals surface area contributed by atoms with Crippen LogP contribution in [0.1, 0.15) is 33.1 Å². The van der Waals surface area contributed by atoms with Gasteiger partial charge in [0, 0.05) is 25.9 Å². The molecule has 0 saturated heterocycles. The highest BCUT2D eigenvalue weighted by molar-refractivity contribution is 4.85. The minimum absolute atomic E-state index is 0.518. The van der Waals surface area contributed by atoms with Crippen molar-refractivity contribution in [3.05, 3.63) is 0 Å². The molecule has 0 aromatic carbocycles. The molecule has 0 heterocycles. The predicted molar refractivity (Wildman–Crippen MR) is 57.5 cm³/mol. The lowest BCUT2D eigenvalue weighted by molar-refractivity contribution is -0.0101. The molecule has 0 amide bonds. The first kappa shape index (κ1) is 12.0. The first-order valence-corrected chi connectivity index (χ1v) is 5.79. The number of hydrogen-bond donors (Lipinski definition) is 1. The smallest absolute Gasteiger partial charge is 0.0604 e. The Morgan fingerprint density at radius 2 is 2.00 bits per heavy atom. The minimum Gasteiger partial charge on any atom is -0.382 e. The Bertz CT molecular complexity index is 135. The van der Waals surface area contributed by atoms with E-state index in [0.29, 0.717) is 12.1 Å². The zero-order valence-electron chi connectivity index (χ0n) is 9.42. The summed E-state index contributed by atoms with van der Waals surface area (Å²) in [5, 5.41) is 3.51. The molecule has 14 heavy (non-hydrogen) atoms. The van der Waals surface area contributed by atoms with Crippen molar-refractivity contribution < 1.29 is 9.47 Å². The van der Waals surface area contributed by atoms with Crippen molar-refractivity contribution in [3.8, 4) is 0 Å². The molecule has 0 aliphatic heterocycles. The van der Waals surface area contributed by atoms with Crippen molar-refractivity contribution in [2.75, 3.05) is 26.4 Å². The van der Waals surface area contributed by atoms with E-state index in [2.05, 4.69) is 12.2 Å². The van der Waals surface area contributed by atoms with Gasteiger partial charge in [-0.2, -0.15) is 0 Å². The van der Waals surface area contributed by atoms with Crippen LogP contribution in [0.4, 0.5) is 0 Å². The third kappa shape index (κ3) is 4.40. The van der Waals surface area contributed by atoms with Gasteiger partial charge in [0.1, 0.15) is 0 Å². The maximum atomic E-state index is 5.49. The van der Waals surface area contributed by atoms with Crippen molar-refractivity contribution in [1.82, 2.24) is 5.32 Å². The molecule has 84 valence electrons. The molecule has 1 fully saturated rings. The van der Waals surface area contributed by atoms with Gasteiger partial charge in [-0.05, 0) is 39.7 Å². The number of rotatable bonds is 8. The van der Waals surface area contributed by atoms with Crippen LogP contribution in [0.5, 0.6) is 0 Å². The molecule has 1 rings (SSSR count). The van der Waals surface area contributed by atoms with Crippen LogP contribution in [0.25, 0.3) is 0 Å². The summed E-state index contributed by atoms with van der Waals surface area (Å²) in [6.07, 6.45) is 4.00. The Labute approximate surface area is 87.2 Å². The van der Waals surface area contributed by atoms with Crippen molar-refractivity contribution in [2.24, 2.45) is 0 Å². The quantitative estimate of drug-likeness (QED) is 0.605. The van der Waals surface area contributed by atoms with Crippen LogP contribution in [-0.4, -0.2) is 38.5 Å². The average Bonchev–Trinajstić information content (AvgIpc) is 2.13. The fourth-order valence-corrected chi connectivity index (χ4v) is 1.73. The highest BCUT2D eigenvalue weighted by Gasteiger charge is 2.28. The molecule has 3 heteroatoms. The topological polar surface area (TPSA) is 30.5 Å². The second kappa shape index (κ2) is 7.21. The van der Waals surface area contributed by atoms with Gasteiger partial charge in [-0.25, -0.2) is 0 Å². The van der Waals surface area contributed by atoms with E-state index < -0.39 is 0 Å². The van der Waals surface area contributed by atoms with Crippen LogP contribution >= 0.6 is 0 Å². The van der Waals surface area contributed by atoms with Crippen LogP contribution in [0.15, 0.2) is 0 Å². The first-order chi connectivity index (χ1) is 6.86. The molecule has 1 aliphatic rings. The Balaban J connectivity index is 1.81. The van der Waals surface area contributed by atoms with Gasteiger partial charge in [0.25, 0.3) is 0 Å². The summed E-state index contributed by atoms with van der Waals surface area (Å²) in [4.78, 5) is 0. The predicted octanol–water partition coefficient (Wildman–Crippen LogP) is 1.57. The third-order valence-corrected chi connectivity index (χ3v) is 2.60. The largest absolute Gasteiger partial charge is 0.382 e. The third-order valence-electron chi connectivity index (χ3n) is 2.60. The van der Waals surface area contributed by atoms with Crippen LogP contribution in [0, 0.1) is 0 Å². The Kier molecular flexibility index (Phi) is 6.15. The summed E-state index contributed by atoms with van der Waals surface area (Å²) in [6, 6.07) is 0.688. The van der Waals surface area contributed by atoms with E-state index in [4.69, 9.17) is 9.47 Å². The molecule has 1 saturated carbocycles. The van der Waals surface area contributed by atoms with E-state index in [9.17, 15) is 0 Å². The molecule has 0 unspecified atom stereocenters. The van der Waals surface area contributed by atoms with Crippen LogP contribution in [-0.2, 0) is 9.47 Å². The molecular weight excluding hydrogens is 178 g/mol. The Hall–Kier alpha value is -0.120. The molecule has 0 aromatic rings. The molecule has 0 bridgehead atoms. The van der Waals surface area contributed by atoms with E-state index in [-0.39, 0.29) is 0 Å². The number of ether oxygens (including phenoxy) is 2. The van der Waals surface area contributed by atoms with Gasteiger partial charge in [0.05, 0.1) is 6.10 Å². The van der Waals surface area contributed by atoms with Gasteiger partial charge in [0.2, 0.25) is 0 Å². The monoisotopic (exact) mass is 201 g/mol. The number of hydrogen-bond acceptors (Lipinski definition) is 3. The second-order valence-corrected chi connectivity index (χ2v) is 3.75. The molecule has 1 N–H and O–H groups in total. The summed E-state index contributed by atoms with van der Waals surface area (Å²) >= 11 is 0. The van der Waals surface area contributed by atoms with E-state index in [1.165, 1.54) is 12.8 Å². The highest BCUT2D eigenvalue weighted by Crippen LogP contribution is 2.22. The normalized spacial score (nSPS) is 26.1. The Morgan fingerprint density at radius 1 is 1.21 bits per heavy atom. The summed E-state index contributed by atoms with van der Waals surface area (Å²) in [7, 11) is 0. The zero-order valence-corrected chi connectivity index (χ0v) is 9.42. The lowest BCUT2D eigenvalue weighted by Crippen LogP contribution is -2.45. The lowest BCUT2D eigenvalue weighted by atomic mass is 9.89. The molecule has 0 spiro atoms. The second-order valence-electron chi connectivity index (χ2n) is 3.75. The van der Waals surface area contributed by atoms with Crippen molar-refractivity contribution >= 4 is 0 Å². The van der Waals surface area contributed by atoms with Crippen molar-refractivity contribution in [3.63, 3.8) is 0 Å². The van der Waals surface area contributed by atoms with Gasteiger partial charge in [-0.1, -0.05) is 0 Å². The van der Waals surface area contributed by atoms with Crippen molar-refractivity contribution in [1.29, 1.82) is 0 Å². The SMILES string of the molecule is CCOCCCNC1CC(OCC)C1.